The zero-order valence-electron chi connectivity index (χ0n) is 32.1. The van der Waals surface area contributed by atoms with Crippen LogP contribution in [-0.4, -0.2) is 106 Å². The lowest BCUT2D eigenvalue weighted by Gasteiger charge is -2.40. The molecule has 1 aromatic heterocycles. The minimum Gasteiger partial charge on any atom is -0.504 e. The number of phenolic OH excluding ortho intramolecular Hbond substituents is 2. The molecular weight excluding hydrogens is 724 g/mol. The molecule has 56 heavy (non-hydrogen) atoms. The quantitative estimate of drug-likeness (QED) is 0.0455. The number of anilines is 1. The summed E-state index contributed by atoms with van der Waals surface area (Å²) in [6, 6.07) is 11.4. The first kappa shape index (κ1) is 42.5. The summed E-state index contributed by atoms with van der Waals surface area (Å²) in [6.45, 7) is 4.36. The lowest BCUT2D eigenvalue weighted by molar-refractivity contribution is -0.144. The van der Waals surface area contributed by atoms with E-state index in [1.54, 1.807) is 55.6 Å². The summed E-state index contributed by atoms with van der Waals surface area (Å²) in [6.07, 6.45) is 4.38. The van der Waals surface area contributed by atoms with Crippen molar-refractivity contribution < 1.29 is 54.4 Å². The molecule has 0 amide bonds. The van der Waals surface area contributed by atoms with Crippen molar-refractivity contribution >= 4 is 11.8 Å². The van der Waals surface area contributed by atoms with Gasteiger partial charge in [0.2, 0.25) is 5.75 Å². The number of methoxy groups -OCH3 is 1. The lowest BCUT2D eigenvalue weighted by atomic mass is 9.79. The number of aliphatic hydroxyl groups is 3. The molecule has 2 heterocycles. The Hall–Kier alpha value is -4.64. The summed E-state index contributed by atoms with van der Waals surface area (Å²) < 4.78 is 24.2. The van der Waals surface area contributed by atoms with Gasteiger partial charge < -0.3 is 60.6 Å². The maximum atomic E-state index is 12.5. The van der Waals surface area contributed by atoms with Crippen LogP contribution in [0.1, 0.15) is 61.8 Å². The van der Waals surface area contributed by atoms with Gasteiger partial charge in [-0.05, 0) is 92.2 Å². The Bertz CT molecular complexity index is 1780. The Kier molecular flexibility index (Phi) is 15.2. The first-order valence-electron chi connectivity index (χ1n) is 19.1. The van der Waals surface area contributed by atoms with Crippen molar-refractivity contribution in [2.75, 3.05) is 45.9 Å². The first-order chi connectivity index (χ1) is 26.9. The molecule has 3 aromatic rings. The summed E-state index contributed by atoms with van der Waals surface area (Å²) in [4.78, 5) is 16.6. The lowest BCUT2D eigenvalue weighted by Crippen LogP contribution is -2.46. The number of nitrogen functional groups attached to an aromatic ring is 1. The number of rotatable bonds is 20. The molecule has 0 spiro atoms. The van der Waals surface area contributed by atoms with Crippen molar-refractivity contribution in [1.82, 2.24) is 15.6 Å². The topological polar surface area (TPSA) is 238 Å². The highest BCUT2D eigenvalue weighted by Crippen LogP contribution is 2.46. The van der Waals surface area contributed by atoms with E-state index in [1.807, 2.05) is 19.1 Å². The van der Waals surface area contributed by atoms with Gasteiger partial charge in [-0.15, -0.1) is 0 Å². The maximum Gasteiger partial charge on any atom is 0.310 e. The predicted octanol–water partition coefficient (Wildman–Crippen LogP) is 3.24. The number of aliphatic carboxylic acids is 1. The van der Waals surface area contributed by atoms with E-state index in [0.717, 1.165) is 11.1 Å². The summed E-state index contributed by atoms with van der Waals surface area (Å²) in [7, 11) is 1.42. The van der Waals surface area contributed by atoms with E-state index >= 15 is 0 Å². The number of nitrogens with two attached hydrogens (primary N) is 1. The first-order valence-corrected chi connectivity index (χ1v) is 19.1. The van der Waals surface area contributed by atoms with Crippen LogP contribution in [0.5, 0.6) is 28.7 Å². The van der Waals surface area contributed by atoms with Crippen molar-refractivity contribution in [3.8, 4) is 28.7 Å². The molecule has 0 unspecified atom stereocenters. The molecule has 15 heteroatoms. The summed E-state index contributed by atoms with van der Waals surface area (Å²) in [5.74, 6) is -2.45. The number of ether oxygens (including phenoxy) is 4. The van der Waals surface area contributed by atoms with E-state index < -0.39 is 48.1 Å². The third-order valence-electron chi connectivity index (χ3n) is 10.5. The number of benzene rings is 2. The number of phenols is 2. The number of aromatic hydroxyl groups is 2. The van der Waals surface area contributed by atoms with Crippen LogP contribution in [0.25, 0.3) is 0 Å². The third-order valence-corrected chi connectivity index (χ3v) is 10.5. The molecule has 15 nitrogen and oxygen atoms in total. The van der Waals surface area contributed by atoms with Crippen molar-refractivity contribution in [2.45, 2.75) is 75.9 Å². The molecule has 1 aliphatic heterocycles. The second-order valence-electron chi connectivity index (χ2n) is 14.5. The molecule has 9 atom stereocenters. The molecule has 1 fully saturated rings. The van der Waals surface area contributed by atoms with E-state index in [2.05, 4.69) is 15.6 Å². The molecule has 5 rings (SSSR count). The number of nitrogens with one attached hydrogen (secondary N) is 2. The molecule has 1 aliphatic carbocycles. The fourth-order valence-corrected chi connectivity index (χ4v) is 7.82. The van der Waals surface area contributed by atoms with Crippen molar-refractivity contribution in [2.24, 2.45) is 17.8 Å². The summed E-state index contributed by atoms with van der Waals surface area (Å²) >= 11 is 0. The van der Waals surface area contributed by atoms with Gasteiger partial charge >= 0.3 is 5.97 Å². The minimum absolute atomic E-state index is 0.00695. The van der Waals surface area contributed by atoms with E-state index in [9.17, 15) is 35.4 Å². The molecular formula is C41H56N4O11. The van der Waals surface area contributed by atoms with Gasteiger partial charge in [0.05, 0.1) is 37.4 Å². The number of carboxylic acids is 1. The van der Waals surface area contributed by atoms with Crippen LogP contribution >= 0.6 is 0 Å². The van der Waals surface area contributed by atoms with E-state index in [4.69, 9.17) is 24.7 Å². The number of carboxylic acid groups (broad SMARTS) is 1. The minimum atomic E-state index is -0.969. The predicted molar refractivity (Wildman–Crippen MR) is 208 cm³/mol. The van der Waals surface area contributed by atoms with Crippen LogP contribution in [0.4, 0.5) is 5.82 Å². The number of aromatic nitrogens is 1. The highest BCUT2D eigenvalue weighted by Gasteiger charge is 2.43. The average Bonchev–Trinajstić information content (AvgIpc) is 3.62. The number of likely N-dealkylation sites (N-methyl/N-ethyl adjacent to an activating group) is 1. The second-order valence-corrected chi connectivity index (χ2v) is 14.5. The number of nitrogens with zero attached hydrogens (tertiary/aromatic N) is 1. The van der Waals surface area contributed by atoms with Crippen LogP contribution < -0.4 is 30.6 Å². The number of pyridine rings is 1. The van der Waals surface area contributed by atoms with Gasteiger partial charge in [0, 0.05) is 43.1 Å². The number of hydrogen-bond donors (Lipinski definition) is 9. The molecule has 10 N–H and O–H groups in total. The average molecular weight is 781 g/mol. The SMILES string of the molecule is CCN[C@H](COc1cc([C@@H]2O[C@@H](CCc3ccc(O)c(OCNC[C@H](C)O)c3)C[C@H](O)[C@@H]2CCO)cc(OC)c1O)[C@H]1[C@@H](C(=O)O)C=C[C@H]1c1ccnc(N)c1. The molecule has 2 aromatic carbocycles. The Morgan fingerprint density at radius 1 is 1.05 bits per heavy atom. The summed E-state index contributed by atoms with van der Waals surface area (Å²) in [5, 5.41) is 69.0. The van der Waals surface area contributed by atoms with E-state index in [-0.39, 0.29) is 61.4 Å². The molecule has 0 radical (unpaired) electrons. The number of carbonyl (C=O) groups is 1. The van der Waals surface area contributed by atoms with E-state index in [1.165, 1.54) is 7.11 Å². The third kappa shape index (κ3) is 10.6. The maximum absolute atomic E-state index is 12.5. The Morgan fingerprint density at radius 2 is 1.84 bits per heavy atom. The van der Waals surface area contributed by atoms with Gasteiger partial charge in [-0.3, -0.25) is 10.1 Å². The Labute approximate surface area is 327 Å². The number of hydrogen-bond acceptors (Lipinski definition) is 14. The molecule has 306 valence electrons. The van der Waals surface area contributed by atoms with Gasteiger partial charge in [-0.2, -0.15) is 0 Å². The van der Waals surface area contributed by atoms with E-state index in [0.29, 0.717) is 49.5 Å². The van der Waals surface area contributed by atoms with Crippen LogP contribution in [0.2, 0.25) is 0 Å². The van der Waals surface area contributed by atoms with Crippen LogP contribution in [0.15, 0.2) is 60.8 Å². The molecule has 1 saturated heterocycles. The Balaban J connectivity index is 1.36. The summed E-state index contributed by atoms with van der Waals surface area (Å²) in [5.41, 5.74) is 8.27. The van der Waals surface area contributed by atoms with Crippen LogP contribution in [0, 0.1) is 17.8 Å². The van der Waals surface area contributed by atoms with Crippen LogP contribution in [0.3, 0.4) is 0 Å². The molecule has 0 saturated carbocycles. The number of aryl methyl sites for hydroxylation is 1. The van der Waals surface area contributed by atoms with Gasteiger partial charge in [-0.25, -0.2) is 4.98 Å². The zero-order valence-corrected chi connectivity index (χ0v) is 32.1. The van der Waals surface area contributed by atoms with Gasteiger partial charge in [0.15, 0.2) is 23.0 Å². The highest BCUT2D eigenvalue weighted by molar-refractivity contribution is 5.74. The fraction of sp³-hybridized carbons (Fsp3) is 0.512. The van der Waals surface area contributed by atoms with Crippen LogP contribution in [-0.2, 0) is 16.0 Å². The zero-order chi connectivity index (χ0) is 40.4. The number of allylic oxidation sites excluding steroid dienone is 1. The highest BCUT2D eigenvalue weighted by atomic mass is 16.5. The smallest absolute Gasteiger partial charge is 0.310 e. The second kappa shape index (κ2) is 20.0. The van der Waals surface area contributed by atoms with Crippen molar-refractivity contribution in [3.63, 3.8) is 0 Å². The van der Waals surface area contributed by atoms with Crippen molar-refractivity contribution in [3.05, 3.63) is 77.5 Å². The van der Waals surface area contributed by atoms with Gasteiger partial charge in [0.1, 0.15) is 19.2 Å². The fourth-order valence-electron chi connectivity index (χ4n) is 7.82. The normalized spacial score (nSPS) is 24.4. The van der Waals surface area contributed by atoms with Gasteiger partial charge in [0.25, 0.3) is 0 Å². The van der Waals surface area contributed by atoms with Gasteiger partial charge in [-0.1, -0.05) is 25.1 Å². The molecule has 2 aliphatic rings. The largest absolute Gasteiger partial charge is 0.504 e. The van der Waals surface area contributed by atoms with Crippen molar-refractivity contribution in [1.29, 1.82) is 0 Å². The molecule has 0 bridgehead atoms. The standard InChI is InChI=1S/C41H56N4O11/c1-4-44-31(38-28(8-9-30(38)41(51)52)25-11-13-45-37(42)18-25)21-54-36-17-26(16-35(53-3)39(36)50)40-29(12-14-46)33(49)19-27(56-40)7-5-24-6-10-32(48)34(15-24)55-22-43-20-23(2)47/h6,8-11,13,15-18,23,27-31,33,38,40,43-44,46-50H,4-5,7,12,14,19-22H2,1-3H3,(H2,42,45)(H,51,52)/t23-,27-,28-,29-,30-,31+,33-,38+,40-/m0/s1. The Morgan fingerprint density at radius 3 is 2.54 bits per heavy atom. The monoisotopic (exact) mass is 780 g/mol. The number of aliphatic hydroxyl groups excluding tert-OH is 3.